The van der Waals surface area contributed by atoms with Crippen LogP contribution >= 0.6 is 0 Å². The number of carbonyl (C=O) groups is 1. The Morgan fingerprint density at radius 2 is 1.87 bits per heavy atom. The topological polar surface area (TPSA) is 29.5 Å². The molecule has 0 spiro atoms. The molecule has 128 valence electrons. The zero-order chi connectivity index (χ0) is 16.5. The summed E-state index contributed by atoms with van der Waals surface area (Å²) in [5, 5.41) is 0. The number of carbonyl (C=O) groups excluding carboxylic acids is 1. The van der Waals surface area contributed by atoms with Crippen LogP contribution in [0.3, 0.4) is 0 Å². The minimum absolute atomic E-state index is 0.164. The lowest BCUT2D eigenvalue weighted by Crippen LogP contribution is -2.25. The molecule has 0 saturated carbocycles. The zero-order valence-electron chi connectivity index (χ0n) is 14.7. The molecule has 0 aromatic heterocycles. The lowest BCUT2D eigenvalue weighted by Gasteiger charge is -2.15. The summed E-state index contributed by atoms with van der Waals surface area (Å²) in [6, 6.07) is 7.71. The van der Waals surface area contributed by atoms with Crippen LogP contribution in [0.15, 0.2) is 24.3 Å². The van der Waals surface area contributed by atoms with E-state index in [-0.39, 0.29) is 11.7 Å². The third-order valence-electron chi connectivity index (χ3n) is 4.78. The van der Waals surface area contributed by atoms with Crippen molar-refractivity contribution < 1.29 is 9.53 Å². The van der Waals surface area contributed by atoms with E-state index in [4.69, 9.17) is 4.74 Å². The standard InChI is InChI=1S/C20H31NO2/c1-3-5-8-17(4-2)20(22)18-9-11-19(12-10-18)23-16-15-21-13-6-7-14-21/h9-12,17H,3-8,13-16H2,1-2H3. The molecule has 1 atom stereocenters. The summed E-state index contributed by atoms with van der Waals surface area (Å²) in [6.45, 7) is 8.40. The van der Waals surface area contributed by atoms with Gasteiger partial charge in [0.05, 0.1) is 0 Å². The number of hydrogen-bond acceptors (Lipinski definition) is 3. The van der Waals surface area contributed by atoms with E-state index >= 15 is 0 Å². The molecule has 0 radical (unpaired) electrons. The maximum atomic E-state index is 12.5. The van der Waals surface area contributed by atoms with E-state index in [1.807, 2.05) is 24.3 Å². The van der Waals surface area contributed by atoms with Crippen LogP contribution in [0.2, 0.25) is 0 Å². The Labute approximate surface area is 141 Å². The van der Waals surface area contributed by atoms with Gasteiger partial charge in [-0.2, -0.15) is 0 Å². The SMILES string of the molecule is CCCCC(CC)C(=O)c1ccc(OCCN2CCCC2)cc1. The lowest BCUT2D eigenvalue weighted by molar-refractivity contribution is 0.0908. The van der Waals surface area contributed by atoms with Gasteiger partial charge >= 0.3 is 0 Å². The first-order chi connectivity index (χ1) is 11.2. The van der Waals surface area contributed by atoms with E-state index < -0.39 is 0 Å². The van der Waals surface area contributed by atoms with E-state index in [0.29, 0.717) is 0 Å². The summed E-state index contributed by atoms with van der Waals surface area (Å²) < 4.78 is 5.80. The van der Waals surface area contributed by atoms with Crippen molar-refractivity contribution in [2.45, 2.75) is 52.4 Å². The monoisotopic (exact) mass is 317 g/mol. The Hall–Kier alpha value is -1.35. The van der Waals surface area contributed by atoms with Gasteiger partial charge in [-0.1, -0.05) is 26.7 Å². The highest BCUT2D eigenvalue weighted by atomic mass is 16.5. The van der Waals surface area contributed by atoms with Crippen LogP contribution in [0.5, 0.6) is 5.75 Å². The highest BCUT2D eigenvalue weighted by molar-refractivity contribution is 5.97. The van der Waals surface area contributed by atoms with Crippen molar-refractivity contribution in [2.24, 2.45) is 5.92 Å². The number of ether oxygens (including phenoxy) is 1. The molecule has 0 amide bonds. The normalized spacial score (nSPS) is 16.4. The molecule has 1 unspecified atom stereocenters. The number of nitrogens with zero attached hydrogens (tertiary/aromatic N) is 1. The van der Waals surface area contributed by atoms with Gasteiger partial charge in [-0.15, -0.1) is 0 Å². The van der Waals surface area contributed by atoms with Crippen LogP contribution < -0.4 is 4.74 Å². The molecule has 1 aliphatic heterocycles. The van der Waals surface area contributed by atoms with Crippen molar-refractivity contribution in [1.29, 1.82) is 0 Å². The minimum Gasteiger partial charge on any atom is -0.492 e. The van der Waals surface area contributed by atoms with Crippen LogP contribution in [-0.2, 0) is 0 Å². The molecule has 0 aliphatic carbocycles. The van der Waals surface area contributed by atoms with Crippen LogP contribution in [-0.4, -0.2) is 36.9 Å². The van der Waals surface area contributed by atoms with E-state index in [9.17, 15) is 4.79 Å². The molecule has 1 aromatic rings. The Morgan fingerprint density at radius 3 is 2.48 bits per heavy atom. The Morgan fingerprint density at radius 1 is 1.17 bits per heavy atom. The molecule has 0 bridgehead atoms. The molecule has 3 nitrogen and oxygen atoms in total. The van der Waals surface area contributed by atoms with Crippen LogP contribution in [0, 0.1) is 5.92 Å². The first-order valence-corrected chi connectivity index (χ1v) is 9.24. The molecule has 1 heterocycles. The largest absolute Gasteiger partial charge is 0.492 e. The predicted octanol–water partition coefficient (Wildman–Crippen LogP) is 4.56. The number of benzene rings is 1. The lowest BCUT2D eigenvalue weighted by atomic mass is 9.91. The fourth-order valence-corrected chi connectivity index (χ4v) is 3.22. The zero-order valence-corrected chi connectivity index (χ0v) is 14.7. The summed E-state index contributed by atoms with van der Waals surface area (Å²) in [6.07, 6.45) is 6.82. The number of hydrogen-bond donors (Lipinski definition) is 0. The van der Waals surface area contributed by atoms with Gasteiger partial charge in [0.2, 0.25) is 0 Å². The number of Topliss-reactive ketones (excluding diaryl/α,β-unsaturated/α-hetero) is 1. The molecule has 3 heteroatoms. The average molecular weight is 317 g/mol. The summed E-state index contributed by atoms with van der Waals surface area (Å²) in [5.41, 5.74) is 0.819. The molecule has 0 N–H and O–H groups in total. The predicted molar refractivity (Wildman–Crippen MR) is 95.2 cm³/mol. The Balaban J connectivity index is 1.81. The van der Waals surface area contributed by atoms with E-state index in [0.717, 1.165) is 50.1 Å². The maximum absolute atomic E-state index is 12.5. The molecule has 1 aromatic carbocycles. The molecule has 1 fully saturated rings. The number of ketones is 1. The quantitative estimate of drug-likeness (QED) is 0.592. The maximum Gasteiger partial charge on any atom is 0.165 e. The van der Waals surface area contributed by atoms with Gasteiger partial charge in [0.1, 0.15) is 12.4 Å². The van der Waals surface area contributed by atoms with Crippen molar-refractivity contribution in [3.05, 3.63) is 29.8 Å². The van der Waals surface area contributed by atoms with Gasteiger partial charge < -0.3 is 4.74 Å². The third kappa shape index (κ3) is 5.65. The molecule has 23 heavy (non-hydrogen) atoms. The van der Waals surface area contributed by atoms with Gasteiger partial charge in [-0.3, -0.25) is 9.69 Å². The van der Waals surface area contributed by atoms with Crippen molar-refractivity contribution in [1.82, 2.24) is 4.90 Å². The molecular weight excluding hydrogens is 286 g/mol. The van der Waals surface area contributed by atoms with Crippen molar-refractivity contribution in [3.63, 3.8) is 0 Å². The van der Waals surface area contributed by atoms with Crippen molar-refractivity contribution >= 4 is 5.78 Å². The smallest absolute Gasteiger partial charge is 0.165 e. The fourth-order valence-electron chi connectivity index (χ4n) is 3.22. The first-order valence-electron chi connectivity index (χ1n) is 9.24. The number of rotatable bonds is 10. The molecule has 1 saturated heterocycles. The Bertz CT molecular complexity index is 463. The van der Waals surface area contributed by atoms with Crippen LogP contribution in [0.4, 0.5) is 0 Å². The van der Waals surface area contributed by atoms with E-state index in [1.165, 1.54) is 25.9 Å². The minimum atomic E-state index is 0.164. The molecule has 2 rings (SSSR count). The van der Waals surface area contributed by atoms with Gasteiger partial charge in [-0.05, 0) is 63.0 Å². The second kappa shape index (κ2) is 9.71. The summed E-state index contributed by atoms with van der Waals surface area (Å²) in [4.78, 5) is 15.0. The highest BCUT2D eigenvalue weighted by Gasteiger charge is 2.17. The van der Waals surface area contributed by atoms with Crippen molar-refractivity contribution in [3.8, 4) is 5.75 Å². The number of likely N-dealkylation sites (tertiary alicyclic amines) is 1. The van der Waals surface area contributed by atoms with Crippen LogP contribution in [0.25, 0.3) is 0 Å². The number of unbranched alkanes of at least 4 members (excludes halogenated alkanes) is 1. The highest BCUT2D eigenvalue weighted by Crippen LogP contribution is 2.21. The fraction of sp³-hybridized carbons (Fsp3) is 0.650. The van der Waals surface area contributed by atoms with Crippen molar-refractivity contribution in [2.75, 3.05) is 26.2 Å². The molecular formula is C20H31NO2. The second-order valence-corrected chi connectivity index (χ2v) is 6.53. The molecule has 1 aliphatic rings. The van der Waals surface area contributed by atoms with Gasteiger partial charge in [-0.25, -0.2) is 0 Å². The van der Waals surface area contributed by atoms with Gasteiger partial charge in [0.25, 0.3) is 0 Å². The van der Waals surface area contributed by atoms with Gasteiger partial charge in [0, 0.05) is 18.0 Å². The summed E-state index contributed by atoms with van der Waals surface area (Å²) in [5.74, 6) is 1.31. The van der Waals surface area contributed by atoms with E-state index in [2.05, 4.69) is 18.7 Å². The second-order valence-electron chi connectivity index (χ2n) is 6.53. The summed E-state index contributed by atoms with van der Waals surface area (Å²) >= 11 is 0. The van der Waals surface area contributed by atoms with Crippen LogP contribution in [0.1, 0.15) is 62.7 Å². The Kier molecular flexibility index (Phi) is 7.60. The summed E-state index contributed by atoms with van der Waals surface area (Å²) in [7, 11) is 0. The van der Waals surface area contributed by atoms with E-state index in [1.54, 1.807) is 0 Å². The third-order valence-corrected chi connectivity index (χ3v) is 4.78. The first kappa shape index (κ1) is 18.0. The van der Waals surface area contributed by atoms with Gasteiger partial charge in [0.15, 0.2) is 5.78 Å². The average Bonchev–Trinajstić information content (AvgIpc) is 3.09.